The summed E-state index contributed by atoms with van der Waals surface area (Å²) in [6.07, 6.45) is 1.61. The van der Waals surface area contributed by atoms with E-state index in [2.05, 4.69) is 53.3 Å². The summed E-state index contributed by atoms with van der Waals surface area (Å²) in [7, 11) is 0. The number of carbonyl (C=O) groups excluding carboxylic acids is 3. The molecule has 0 saturated carbocycles. The van der Waals surface area contributed by atoms with E-state index < -0.39 is 18.5 Å². The number of nitrogens with one attached hydrogen (secondary N) is 2. The Balaban J connectivity index is 3.72. The molecule has 0 radical (unpaired) electrons. The van der Waals surface area contributed by atoms with E-state index in [1.807, 2.05) is 0 Å². The number of hydrogen-bond donors (Lipinski definition) is 5. The lowest BCUT2D eigenvalue weighted by Gasteiger charge is -2.16. The monoisotopic (exact) mass is 371 g/mol. The van der Waals surface area contributed by atoms with E-state index in [0.29, 0.717) is 6.54 Å². The molecule has 0 aromatic carbocycles. The molecule has 0 fully saturated rings. The van der Waals surface area contributed by atoms with Crippen LogP contribution >= 0.6 is 37.9 Å². The highest BCUT2D eigenvalue weighted by Crippen LogP contribution is 2.13. The fourth-order valence-corrected chi connectivity index (χ4v) is 2.84. The second-order valence-corrected chi connectivity index (χ2v) is 6.46. The lowest BCUT2D eigenvalue weighted by Crippen LogP contribution is -2.40. The zero-order valence-corrected chi connectivity index (χ0v) is 14.8. The molecule has 0 spiro atoms. The van der Waals surface area contributed by atoms with Crippen molar-refractivity contribution < 1.29 is 24.2 Å². The fourth-order valence-electron chi connectivity index (χ4n) is 1.42. The summed E-state index contributed by atoms with van der Waals surface area (Å²) in [5.41, 5.74) is 0. The van der Waals surface area contributed by atoms with Crippen molar-refractivity contribution in [1.29, 1.82) is 0 Å². The van der Waals surface area contributed by atoms with E-state index in [4.69, 9.17) is 5.11 Å². The zero-order chi connectivity index (χ0) is 17.0. The first-order valence-electron chi connectivity index (χ1n) is 6.67. The maximum absolute atomic E-state index is 11.5. The highest BCUT2D eigenvalue weighted by atomic mass is 32.1. The molecule has 0 aromatic heterocycles. The van der Waals surface area contributed by atoms with Gasteiger partial charge in [0.2, 0.25) is 18.4 Å². The summed E-state index contributed by atoms with van der Waals surface area (Å²) in [6.45, 7) is -0.611. The largest absolute Gasteiger partial charge is 0.563 e. The van der Waals surface area contributed by atoms with Crippen LogP contribution in [0.15, 0.2) is 0 Å². The van der Waals surface area contributed by atoms with Gasteiger partial charge in [0.15, 0.2) is 0 Å². The van der Waals surface area contributed by atoms with E-state index in [-0.39, 0.29) is 29.6 Å². The Bertz CT molecular complexity index is 371. The third-order valence-corrected chi connectivity index (χ3v) is 3.57. The molecule has 0 saturated heterocycles. The molecule has 0 heterocycles. The number of thiol groups is 3. The smallest absolute Gasteiger partial charge is 0.542 e. The van der Waals surface area contributed by atoms with Crippen LogP contribution in [0.2, 0.25) is 0 Å². The van der Waals surface area contributed by atoms with Gasteiger partial charge in [-0.2, -0.15) is 37.9 Å². The quantitative estimate of drug-likeness (QED) is 0.219. The van der Waals surface area contributed by atoms with Crippen molar-refractivity contribution in [2.24, 2.45) is 0 Å². The van der Waals surface area contributed by atoms with Crippen molar-refractivity contribution in [2.75, 3.05) is 32.1 Å². The number of ether oxygens (including phenoxy) is 1. The second kappa shape index (κ2) is 12.9. The normalized spacial score (nSPS) is 13.2. The number of hydrogen-bond acceptors (Lipinski definition) is 7. The molecule has 4 N–H and O–H groups in total. The molecule has 2 atom stereocenters. The van der Waals surface area contributed by atoms with Gasteiger partial charge >= 0.3 is 5.97 Å². The number of rotatable bonds is 12. The van der Waals surface area contributed by atoms with Crippen LogP contribution in [0.25, 0.3) is 0 Å². The van der Waals surface area contributed by atoms with Crippen molar-refractivity contribution in [3.8, 4) is 0 Å². The summed E-state index contributed by atoms with van der Waals surface area (Å²) in [6, 6.07) is 0. The first kappa shape index (κ1) is 21.4. The first-order valence-corrected chi connectivity index (χ1v) is 8.34. The van der Waals surface area contributed by atoms with Crippen LogP contribution in [0, 0.1) is 0 Å². The first-order chi connectivity index (χ1) is 10.3. The summed E-state index contributed by atoms with van der Waals surface area (Å²) in [5, 5.41) is 11.7. The van der Waals surface area contributed by atoms with Crippen molar-refractivity contribution in [2.45, 2.75) is 23.3 Å². The van der Waals surface area contributed by atoms with E-state index >= 15 is 0 Å². The van der Waals surface area contributed by atoms with Gasteiger partial charge in [0.1, 0.15) is 6.61 Å². The van der Waals surface area contributed by atoms with Crippen LogP contribution in [0.4, 0.5) is 0 Å². The maximum Gasteiger partial charge on any atom is 0.542 e. The molecule has 10 heteroatoms. The lowest BCUT2D eigenvalue weighted by molar-refractivity contribution is -0.143. The topological polar surface area (TPSA) is 107 Å². The Labute approximate surface area is 146 Å². The average molecular weight is 372 g/mol. The van der Waals surface area contributed by atoms with Gasteiger partial charge < -0.3 is 20.5 Å². The van der Waals surface area contributed by atoms with E-state index in [1.54, 1.807) is 0 Å². The molecule has 7 nitrogen and oxygen atoms in total. The average Bonchev–Trinajstić information content (AvgIpc) is 2.42. The van der Waals surface area contributed by atoms with Gasteiger partial charge in [-0.25, -0.2) is 0 Å². The molecular formula is C12H23N2O5S3+. The maximum atomic E-state index is 11.5. The Morgan fingerprint density at radius 3 is 2.32 bits per heavy atom. The zero-order valence-electron chi connectivity index (χ0n) is 12.1. The minimum Gasteiger partial charge on any atom is -0.563 e. The molecule has 0 bridgehead atoms. The molecule has 128 valence electrons. The third-order valence-electron chi connectivity index (χ3n) is 2.45. The van der Waals surface area contributed by atoms with Crippen LogP contribution in [0.1, 0.15) is 12.8 Å². The third kappa shape index (κ3) is 13.1. The van der Waals surface area contributed by atoms with Crippen LogP contribution in [0.3, 0.4) is 0 Å². The van der Waals surface area contributed by atoms with Gasteiger partial charge in [0.05, 0.1) is 6.54 Å². The van der Waals surface area contributed by atoms with Crippen LogP contribution < -0.4 is 10.6 Å². The molecule has 0 aromatic rings. The summed E-state index contributed by atoms with van der Waals surface area (Å²) in [4.78, 5) is 33.1. The van der Waals surface area contributed by atoms with Gasteiger partial charge in [-0.3, -0.25) is 9.59 Å². The molecule has 2 unspecified atom stereocenters. The number of carbonyl (C=O) groups is 3. The number of amides is 2. The van der Waals surface area contributed by atoms with Gasteiger partial charge in [-0.1, -0.05) is 0 Å². The minimum atomic E-state index is -0.911. The molecule has 0 aliphatic carbocycles. The van der Waals surface area contributed by atoms with Crippen LogP contribution in [0.5, 0.6) is 0 Å². The molecule has 22 heavy (non-hydrogen) atoms. The molecule has 0 aliphatic rings. The lowest BCUT2D eigenvalue weighted by atomic mass is 10.2. The van der Waals surface area contributed by atoms with Gasteiger partial charge in [0.25, 0.3) is 0 Å². The van der Waals surface area contributed by atoms with Crippen molar-refractivity contribution in [3.63, 3.8) is 0 Å². The Morgan fingerprint density at radius 1 is 1.05 bits per heavy atom. The molecule has 0 rings (SSSR count). The summed E-state index contributed by atoms with van der Waals surface area (Å²) in [5.74, 6) is -1.02. The predicted molar refractivity (Wildman–Crippen MR) is 94.1 cm³/mol. The highest BCUT2D eigenvalue weighted by molar-refractivity contribution is 7.82. The summed E-state index contributed by atoms with van der Waals surface area (Å²) < 4.78 is 4.65. The standard InChI is InChI=1S/C12H22N2O5S3/c15-10(5-14-11(16)6-19-7-12(17)18)13-4-9(22)3-8(21)1-2-20/h8-9,20-22H,1-7H2,(H,13,15)(H,14,16)(H,17,18)/p+1. The van der Waals surface area contributed by atoms with Gasteiger partial charge in [-0.15, -0.1) is 0 Å². The van der Waals surface area contributed by atoms with E-state index in [9.17, 15) is 14.4 Å². The van der Waals surface area contributed by atoms with Crippen LogP contribution in [-0.4, -0.2) is 65.4 Å². The Hall–Kier alpha value is -0.580. The minimum absolute atomic E-state index is 0.0200. The van der Waals surface area contributed by atoms with Crippen molar-refractivity contribution in [1.82, 2.24) is 10.6 Å². The molecule has 0 aliphatic heterocycles. The fraction of sp³-hybridized carbons (Fsp3) is 0.750. The van der Waals surface area contributed by atoms with Gasteiger partial charge in [0, 0.05) is 21.8 Å². The Kier molecular flexibility index (Phi) is 12.6. The molecular weight excluding hydrogens is 348 g/mol. The van der Waals surface area contributed by atoms with Crippen molar-refractivity contribution in [3.05, 3.63) is 0 Å². The predicted octanol–water partition coefficient (Wildman–Crippen LogP) is -1.21. The highest BCUT2D eigenvalue weighted by Gasteiger charge is 2.12. The van der Waals surface area contributed by atoms with Crippen molar-refractivity contribution >= 4 is 55.7 Å². The molecule has 2 amide bonds. The SMILES string of the molecule is O=C([OH2+])COCC(=O)NCC(=O)NCC(S)CC(S)CCS. The van der Waals surface area contributed by atoms with Crippen LogP contribution in [-0.2, 0) is 19.1 Å². The van der Waals surface area contributed by atoms with E-state index in [0.717, 1.165) is 18.6 Å². The second-order valence-electron chi connectivity index (χ2n) is 4.55. The summed E-state index contributed by atoms with van der Waals surface area (Å²) >= 11 is 12.9. The Morgan fingerprint density at radius 2 is 1.73 bits per heavy atom. The van der Waals surface area contributed by atoms with E-state index in [1.165, 1.54) is 0 Å². The van der Waals surface area contributed by atoms with Gasteiger partial charge in [-0.05, 0) is 18.6 Å².